The van der Waals surface area contributed by atoms with Gasteiger partial charge in [0.2, 0.25) is 0 Å². The Labute approximate surface area is 161 Å². The summed E-state index contributed by atoms with van der Waals surface area (Å²) in [5.74, 6) is 0. The Bertz CT molecular complexity index is 547. The van der Waals surface area contributed by atoms with Gasteiger partial charge in [-0.3, -0.25) is 4.90 Å². The zero-order chi connectivity index (χ0) is 19.7. The van der Waals surface area contributed by atoms with Gasteiger partial charge in [-0.1, -0.05) is 44.8 Å². The summed E-state index contributed by atoms with van der Waals surface area (Å²) in [5.41, 5.74) is 0.742. The lowest BCUT2D eigenvalue weighted by atomic mass is 10.0. The van der Waals surface area contributed by atoms with Gasteiger partial charge in [0.15, 0.2) is 0 Å². The third-order valence-electron chi connectivity index (χ3n) is 5.35. The summed E-state index contributed by atoms with van der Waals surface area (Å²) in [4.78, 5) is 17.1. The Morgan fingerprint density at radius 3 is 2.46 bits per heavy atom. The molecule has 3 atom stereocenters. The minimum absolute atomic E-state index is 0.139. The van der Waals surface area contributed by atoms with E-state index < -0.39 is 13.7 Å². The van der Waals surface area contributed by atoms with Crippen molar-refractivity contribution < 1.29 is 9.53 Å². The summed E-state index contributed by atoms with van der Waals surface area (Å²) in [5, 5.41) is 0. The molecule has 2 heterocycles. The number of rotatable bonds is 6. The maximum absolute atomic E-state index is 12.7. The average Bonchev–Trinajstić information content (AvgIpc) is 2.79. The van der Waals surface area contributed by atoms with Crippen LogP contribution in [0, 0.1) is 0 Å². The lowest BCUT2D eigenvalue weighted by Crippen LogP contribution is -2.60. The van der Waals surface area contributed by atoms with Crippen LogP contribution in [0.15, 0.2) is 24.9 Å². The van der Waals surface area contributed by atoms with Crippen LogP contribution >= 0.6 is 0 Å². The SMILES string of the molecule is C=C[C@@H]1[C@@H]2CC[C@H](CN1C(=C)CCC[Si](C)(C)C)N2C(=O)OC(C)(C)C. The second-order valence-corrected chi connectivity index (χ2v) is 15.7. The number of hydrogen-bond acceptors (Lipinski definition) is 3. The van der Waals surface area contributed by atoms with Gasteiger partial charge in [-0.05, 0) is 40.0 Å². The zero-order valence-corrected chi connectivity index (χ0v) is 18.7. The molecule has 4 nitrogen and oxygen atoms in total. The van der Waals surface area contributed by atoms with E-state index in [0.29, 0.717) is 0 Å². The fourth-order valence-electron chi connectivity index (χ4n) is 4.17. The van der Waals surface area contributed by atoms with E-state index in [9.17, 15) is 4.79 Å². The molecule has 0 radical (unpaired) electrons. The Morgan fingerprint density at radius 2 is 1.92 bits per heavy atom. The van der Waals surface area contributed by atoms with E-state index in [0.717, 1.165) is 25.8 Å². The van der Waals surface area contributed by atoms with Crippen molar-refractivity contribution in [2.45, 2.75) is 95.9 Å². The molecular formula is C21H38N2O2Si. The molecule has 2 aliphatic rings. The number of piperazine rings is 1. The molecule has 2 fully saturated rings. The Kier molecular flexibility index (Phi) is 6.31. The summed E-state index contributed by atoms with van der Waals surface area (Å²) in [6, 6.07) is 1.84. The van der Waals surface area contributed by atoms with Gasteiger partial charge in [0.25, 0.3) is 0 Å². The number of allylic oxidation sites excluding steroid dienone is 1. The van der Waals surface area contributed by atoms with E-state index in [2.05, 4.69) is 37.7 Å². The predicted octanol–water partition coefficient (Wildman–Crippen LogP) is 5.26. The molecule has 2 saturated heterocycles. The van der Waals surface area contributed by atoms with Crippen LogP contribution in [0.3, 0.4) is 0 Å². The molecule has 2 aliphatic heterocycles. The highest BCUT2D eigenvalue weighted by atomic mass is 28.3. The molecule has 0 aromatic carbocycles. The van der Waals surface area contributed by atoms with E-state index in [4.69, 9.17) is 4.74 Å². The Morgan fingerprint density at radius 1 is 1.27 bits per heavy atom. The van der Waals surface area contributed by atoms with Crippen molar-refractivity contribution in [3.8, 4) is 0 Å². The van der Waals surface area contributed by atoms with Gasteiger partial charge in [-0.15, -0.1) is 6.58 Å². The number of carbonyl (C=O) groups excluding carboxylic acids is 1. The second-order valence-electron chi connectivity index (χ2n) is 10.0. The molecule has 2 rings (SSSR count). The van der Waals surface area contributed by atoms with E-state index in [1.165, 1.54) is 18.2 Å². The van der Waals surface area contributed by atoms with Crippen LogP contribution in [0.2, 0.25) is 25.7 Å². The first-order chi connectivity index (χ1) is 11.9. The third-order valence-corrected chi connectivity index (χ3v) is 7.21. The molecular weight excluding hydrogens is 340 g/mol. The van der Waals surface area contributed by atoms with Crippen molar-refractivity contribution in [1.82, 2.24) is 9.80 Å². The van der Waals surface area contributed by atoms with Gasteiger partial charge in [0.05, 0.1) is 18.1 Å². The van der Waals surface area contributed by atoms with Crippen molar-refractivity contribution in [2.75, 3.05) is 6.54 Å². The number of amides is 1. The number of likely N-dealkylation sites (tertiary alicyclic amines) is 1. The maximum atomic E-state index is 12.7. The first kappa shape index (κ1) is 21.1. The van der Waals surface area contributed by atoms with Crippen molar-refractivity contribution in [1.29, 1.82) is 0 Å². The van der Waals surface area contributed by atoms with Crippen LogP contribution in [-0.2, 0) is 4.74 Å². The Balaban J connectivity index is 2.05. The highest BCUT2D eigenvalue weighted by molar-refractivity contribution is 6.76. The van der Waals surface area contributed by atoms with Crippen molar-refractivity contribution in [3.63, 3.8) is 0 Å². The first-order valence-electron chi connectivity index (χ1n) is 10.0. The maximum Gasteiger partial charge on any atom is 0.410 e. The fraction of sp³-hybridized carbons (Fsp3) is 0.762. The van der Waals surface area contributed by atoms with Crippen LogP contribution in [0.1, 0.15) is 46.5 Å². The quantitative estimate of drug-likeness (QED) is 0.467. The van der Waals surface area contributed by atoms with Crippen LogP contribution in [0.5, 0.6) is 0 Å². The van der Waals surface area contributed by atoms with Crippen LogP contribution < -0.4 is 0 Å². The molecule has 0 spiro atoms. The van der Waals surface area contributed by atoms with Crippen LogP contribution in [-0.4, -0.2) is 54.2 Å². The summed E-state index contributed by atoms with van der Waals surface area (Å²) in [6.45, 7) is 22.3. The summed E-state index contributed by atoms with van der Waals surface area (Å²) in [6.07, 6.45) is 6.11. The minimum atomic E-state index is -1.01. The highest BCUT2D eigenvalue weighted by Gasteiger charge is 2.48. The minimum Gasteiger partial charge on any atom is -0.444 e. The summed E-state index contributed by atoms with van der Waals surface area (Å²) >= 11 is 0. The Hall–Kier alpha value is -1.23. The average molecular weight is 379 g/mol. The number of fused-ring (bicyclic) bond motifs is 2. The van der Waals surface area contributed by atoms with Crippen LogP contribution in [0.25, 0.3) is 0 Å². The van der Waals surface area contributed by atoms with E-state index in [1.54, 1.807) is 0 Å². The third kappa shape index (κ3) is 5.15. The predicted molar refractivity (Wildman–Crippen MR) is 112 cm³/mol. The van der Waals surface area contributed by atoms with Crippen LogP contribution in [0.4, 0.5) is 4.79 Å². The monoisotopic (exact) mass is 378 g/mol. The molecule has 5 heteroatoms. The molecule has 2 bridgehead atoms. The van der Waals surface area contributed by atoms with Crippen molar-refractivity contribution >= 4 is 14.2 Å². The first-order valence-corrected chi connectivity index (χ1v) is 13.7. The van der Waals surface area contributed by atoms with E-state index >= 15 is 0 Å². The molecule has 0 aromatic heterocycles. The fourth-order valence-corrected chi connectivity index (χ4v) is 5.41. The number of nitrogens with zero attached hydrogens (tertiary/aromatic N) is 2. The van der Waals surface area contributed by atoms with Gasteiger partial charge in [-0.25, -0.2) is 4.79 Å². The summed E-state index contributed by atoms with van der Waals surface area (Å²) in [7, 11) is -1.01. The molecule has 0 aromatic rings. The largest absolute Gasteiger partial charge is 0.444 e. The van der Waals surface area contributed by atoms with E-state index in [-0.39, 0.29) is 24.2 Å². The lowest BCUT2D eigenvalue weighted by molar-refractivity contribution is -0.00883. The van der Waals surface area contributed by atoms with Gasteiger partial charge in [0.1, 0.15) is 5.60 Å². The number of carbonyl (C=O) groups is 1. The molecule has 0 saturated carbocycles. The molecule has 0 unspecified atom stereocenters. The molecule has 0 aliphatic carbocycles. The normalized spacial score (nSPS) is 26.0. The topological polar surface area (TPSA) is 32.8 Å². The van der Waals surface area contributed by atoms with Crippen molar-refractivity contribution in [3.05, 3.63) is 24.9 Å². The van der Waals surface area contributed by atoms with Gasteiger partial charge in [0, 0.05) is 20.3 Å². The van der Waals surface area contributed by atoms with Gasteiger partial charge >= 0.3 is 6.09 Å². The van der Waals surface area contributed by atoms with Gasteiger partial charge in [-0.2, -0.15) is 0 Å². The lowest BCUT2D eigenvalue weighted by Gasteiger charge is -2.47. The summed E-state index contributed by atoms with van der Waals surface area (Å²) < 4.78 is 5.67. The molecule has 148 valence electrons. The smallest absolute Gasteiger partial charge is 0.410 e. The number of hydrogen-bond donors (Lipinski definition) is 0. The molecule has 26 heavy (non-hydrogen) atoms. The second kappa shape index (κ2) is 7.79. The van der Waals surface area contributed by atoms with Crippen molar-refractivity contribution in [2.24, 2.45) is 0 Å². The molecule has 1 amide bonds. The molecule has 0 N–H and O–H groups in total. The van der Waals surface area contributed by atoms with Gasteiger partial charge < -0.3 is 9.64 Å². The highest BCUT2D eigenvalue weighted by Crippen LogP contribution is 2.38. The zero-order valence-electron chi connectivity index (χ0n) is 17.7. The number of ether oxygens (including phenoxy) is 1. The standard InChI is InChI=1S/C21H38N2O2Si/c1-9-18-19-13-12-17(23(19)20(24)25-21(3,4)5)15-22(18)16(2)11-10-14-26(6,7)8/h9,17-19H,1-2,10-15H2,3-8H3/t17-,18-,19+/m1/s1. The van der Waals surface area contributed by atoms with E-state index in [1.807, 2.05) is 31.7 Å².